The third-order valence-electron chi connectivity index (χ3n) is 4.96. The highest BCUT2D eigenvalue weighted by molar-refractivity contribution is 7.90. The van der Waals surface area contributed by atoms with Gasteiger partial charge in [0.25, 0.3) is 10.0 Å². The standard InChI is InChI=1S/C23H25NO4S/c1-3-4-5-9-16-21(26)22-19-14-10-11-15-20(19)24(23(22)17(2)25)29(27,28)18-12-7-6-8-13-18/h3,6-8,10-15,21,26H,1,4-5,9,16H2,2H3. The van der Waals surface area contributed by atoms with Crippen LogP contribution in [0.4, 0.5) is 0 Å². The van der Waals surface area contributed by atoms with Gasteiger partial charge in [-0.15, -0.1) is 6.58 Å². The van der Waals surface area contributed by atoms with Gasteiger partial charge < -0.3 is 5.11 Å². The number of fused-ring (bicyclic) bond motifs is 1. The van der Waals surface area contributed by atoms with Crippen LogP contribution in [0.25, 0.3) is 10.9 Å². The monoisotopic (exact) mass is 411 g/mol. The van der Waals surface area contributed by atoms with Crippen molar-refractivity contribution in [2.24, 2.45) is 0 Å². The van der Waals surface area contributed by atoms with E-state index in [0.29, 0.717) is 22.9 Å². The second-order valence-electron chi connectivity index (χ2n) is 7.01. The van der Waals surface area contributed by atoms with Crippen LogP contribution in [-0.2, 0) is 10.0 Å². The fourth-order valence-corrected chi connectivity index (χ4v) is 5.22. The summed E-state index contributed by atoms with van der Waals surface area (Å²) in [6, 6.07) is 14.9. The van der Waals surface area contributed by atoms with Gasteiger partial charge in [-0.2, -0.15) is 0 Å². The SMILES string of the molecule is C=CCCCCC(O)c1c(C(C)=O)n(S(=O)(=O)c2ccccc2)c2ccccc12. The number of allylic oxidation sites excluding steroid dienone is 1. The van der Waals surface area contributed by atoms with Crippen LogP contribution in [0.2, 0.25) is 0 Å². The highest BCUT2D eigenvalue weighted by Gasteiger charge is 2.31. The highest BCUT2D eigenvalue weighted by Crippen LogP contribution is 2.36. The lowest BCUT2D eigenvalue weighted by Gasteiger charge is -2.14. The summed E-state index contributed by atoms with van der Waals surface area (Å²) in [6.07, 6.45) is 3.79. The Hall–Kier alpha value is -2.70. The smallest absolute Gasteiger partial charge is 0.268 e. The van der Waals surface area contributed by atoms with Gasteiger partial charge in [-0.05, 0) is 37.5 Å². The molecule has 1 N–H and O–H groups in total. The molecule has 6 heteroatoms. The van der Waals surface area contributed by atoms with Crippen molar-refractivity contribution >= 4 is 26.7 Å². The molecule has 0 radical (unpaired) electrons. The van der Waals surface area contributed by atoms with E-state index >= 15 is 0 Å². The molecule has 0 amide bonds. The molecular weight excluding hydrogens is 386 g/mol. The molecule has 1 aromatic heterocycles. The molecule has 1 unspecified atom stereocenters. The average molecular weight is 412 g/mol. The quantitative estimate of drug-likeness (QED) is 0.310. The summed E-state index contributed by atoms with van der Waals surface area (Å²) in [5, 5.41) is 11.5. The molecule has 0 aliphatic heterocycles. The van der Waals surface area contributed by atoms with Crippen molar-refractivity contribution in [2.45, 2.75) is 43.6 Å². The van der Waals surface area contributed by atoms with E-state index in [9.17, 15) is 18.3 Å². The van der Waals surface area contributed by atoms with Gasteiger partial charge in [0.1, 0.15) is 5.69 Å². The molecule has 3 rings (SSSR count). The van der Waals surface area contributed by atoms with Crippen molar-refractivity contribution in [1.29, 1.82) is 0 Å². The fraction of sp³-hybridized carbons (Fsp3) is 0.261. The van der Waals surface area contributed by atoms with Crippen LogP contribution < -0.4 is 0 Å². The summed E-state index contributed by atoms with van der Waals surface area (Å²) in [5.74, 6) is -0.402. The second kappa shape index (κ2) is 8.76. The number of aliphatic hydroxyl groups is 1. The van der Waals surface area contributed by atoms with Crippen molar-refractivity contribution in [1.82, 2.24) is 3.97 Å². The van der Waals surface area contributed by atoms with Crippen molar-refractivity contribution in [3.63, 3.8) is 0 Å². The maximum absolute atomic E-state index is 13.4. The van der Waals surface area contributed by atoms with Gasteiger partial charge in [0.15, 0.2) is 5.78 Å². The van der Waals surface area contributed by atoms with Crippen molar-refractivity contribution in [3.8, 4) is 0 Å². The summed E-state index contributed by atoms with van der Waals surface area (Å²) in [6.45, 7) is 5.03. The number of carbonyl (C=O) groups is 1. The predicted octanol–water partition coefficient (Wildman–Crippen LogP) is 4.86. The summed E-state index contributed by atoms with van der Waals surface area (Å²) < 4.78 is 27.9. The number of aliphatic hydroxyl groups excluding tert-OH is 1. The van der Waals surface area contributed by atoms with Crippen LogP contribution in [0.5, 0.6) is 0 Å². The molecule has 1 atom stereocenters. The molecule has 0 bridgehead atoms. The Labute approximate surface area is 171 Å². The molecule has 152 valence electrons. The Kier molecular flexibility index (Phi) is 6.35. The maximum atomic E-state index is 13.4. The van der Waals surface area contributed by atoms with Gasteiger partial charge in [-0.3, -0.25) is 4.79 Å². The van der Waals surface area contributed by atoms with E-state index in [1.807, 2.05) is 6.08 Å². The molecule has 29 heavy (non-hydrogen) atoms. The molecule has 0 saturated carbocycles. The number of aromatic nitrogens is 1. The van der Waals surface area contributed by atoms with Crippen LogP contribution in [0.3, 0.4) is 0 Å². The number of hydrogen-bond donors (Lipinski definition) is 1. The van der Waals surface area contributed by atoms with Crippen LogP contribution in [0.15, 0.2) is 72.1 Å². The molecule has 1 heterocycles. The Morgan fingerprint density at radius 2 is 1.76 bits per heavy atom. The van der Waals surface area contributed by atoms with Crippen LogP contribution >= 0.6 is 0 Å². The third kappa shape index (κ3) is 4.04. The number of benzene rings is 2. The lowest BCUT2D eigenvalue weighted by atomic mass is 9.98. The lowest BCUT2D eigenvalue weighted by Crippen LogP contribution is -2.19. The number of carbonyl (C=O) groups excluding carboxylic acids is 1. The zero-order valence-electron chi connectivity index (χ0n) is 16.4. The Morgan fingerprint density at radius 3 is 2.41 bits per heavy atom. The van der Waals surface area contributed by atoms with E-state index < -0.39 is 21.9 Å². The fourth-order valence-electron chi connectivity index (χ4n) is 3.62. The molecule has 2 aromatic carbocycles. The molecule has 0 aliphatic rings. The van der Waals surface area contributed by atoms with Gasteiger partial charge in [-0.1, -0.05) is 48.9 Å². The number of hydrogen-bond acceptors (Lipinski definition) is 4. The van der Waals surface area contributed by atoms with Gasteiger partial charge in [0.05, 0.1) is 16.5 Å². The van der Waals surface area contributed by atoms with Gasteiger partial charge in [0.2, 0.25) is 0 Å². The van der Waals surface area contributed by atoms with Gasteiger partial charge >= 0.3 is 0 Å². The van der Waals surface area contributed by atoms with Crippen molar-refractivity contribution in [2.75, 3.05) is 0 Å². The summed E-state index contributed by atoms with van der Waals surface area (Å²) in [4.78, 5) is 12.7. The molecular formula is C23H25NO4S. The van der Waals surface area contributed by atoms with E-state index in [1.165, 1.54) is 19.1 Å². The molecule has 0 saturated heterocycles. The van der Waals surface area contributed by atoms with Crippen LogP contribution in [0, 0.1) is 0 Å². The second-order valence-corrected chi connectivity index (χ2v) is 8.79. The van der Waals surface area contributed by atoms with E-state index in [1.54, 1.807) is 42.5 Å². The topological polar surface area (TPSA) is 76.4 Å². The normalized spacial score (nSPS) is 12.8. The Morgan fingerprint density at radius 1 is 1.10 bits per heavy atom. The minimum atomic E-state index is -4.01. The van der Waals surface area contributed by atoms with Crippen LogP contribution in [-0.4, -0.2) is 23.3 Å². The maximum Gasteiger partial charge on any atom is 0.268 e. The minimum absolute atomic E-state index is 0.0197. The Bertz CT molecular complexity index is 1130. The van der Waals surface area contributed by atoms with Crippen molar-refractivity contribution in [3.05, 3.63) is 78.5 Å². The third-order valence-corrected chi connectivity index (χ3v) is 6.68. The number of para-hydroxylation sites is 1. The largest absolute Gasteiger partial charge is 0.388 e. The lowest BCUT2D eigenvalue weighted by molar-refractivity contribution is 0.0998. The first-order valence-electron chi connectivity index (χ1n) is 9.63. The minimum Gasteiger partial charge on any atom is -0.388 e. The summed E-state index contributed by atoms with van der Waals surface area (Å²) >= 11 is 0. The van der Waals surface area contributed by atoms with Crippen molar-refractivity contribution < 1.29 is 18.3 Å². The molecule has 0 spiro atoms. The number of rotatable bonds is 9. The zero-order chi connectivity index (χ0) is 21.0. The molecule has 3 aromatic rings. The molecule has 0 fully saturated rings. The number of Topliss-reactive ketones (excluding diaryl/α,β-unsaturated/α-hetero) is 1. The highest BCUT2D eigenvalue weighted by atomic mass is 32.2. The molecule has 0 aliphatic carbocycles. The summed E-state index contributed by atoms with van der Waals surface area (Å²) in [7, 11) is -4.01. The first-order chi connectivity index (χ1) is 13.9. The average Bonchev–Trinajstić information content (AvgIpc) is 3.08. The Balaban J connectivity index is 2.22. The van der Waals surface area contributed by atoms with Gasteiger partial charge in [0, 0.05) is 17.9 Å². The van der Waals surface area contributed by atoms with E-state index in [4.69, 9.17) is 0 Å². The predicted molar refractivity (Wildman–Crippen MR) is 115 cm³/mol. The van der Waals surface area contributed by atoms with E-state index in [-0.39, 0.29) is 10.6 Å². The van der Waals surface area contributed by atoms with Crippen LogP contribution in [0.1, 0.15) is 54.8 Å². The van der Waals surface area contributed by atoms with E-state index in [0.717, 1.165) is 23.2 Å². The number of unbranched alkanes of at least 4 members (excludes halogenated alkanes) is 2. The number of ketones is 1. The summed E-state index contributed by atoms with van der Waals surface area (Å²) in [5.41, 5.74) is 0.791. The first kappa shape index (κ1) is 21.0. The first-order valence-corrected chi connectivity index (χ1v) is 11.1. The molecule has 5 nitrogen and oxygen atoms in total. The van der Waals surface area contributed by atoms with Gasteiger partial charge in [-0.25, -0.2) is 12.4 Å². The zero-order valence-corrected chi connectivity index (χ0v) is 17.2. The van der Waals surface area contributed by atoms with E-state index in [2.05, 4.69) is 6.58 Å². The number of nitrogens with zero attached hydrogens (tertiary/aromatic N) is 1.